The highest BCUT2D eigenvalue weighted by Gasteiger charge is 2.45. The van der Waals surface area contributed by atoms with E-state index in [-0.39, 0.29) is 11.3 Å². The van der Waals surface area contributed by atoms with Gasteiger partial charge < -0.3 is 5.32 Å². The number of benzene rings is 1. The Labute approximate surface area is 144 Å². The Bertz CT molecular complexity index is 539. The first-order valence-corrected chi connectivity index (χ1v) is 9.28. The number of carbonyl (C=O) groups excluding carboxylic acids is 1. The third kappa shape index (κ3) is 3.56. The average Bonchev–Trinajstić information content (AvgIpc) is 2.50. The Morgan fingerprint density at radius 2 is 2.00 bits per heavy atom. The molecule has 1 N–H and O–H groups in total. The van der Waals surface area contributed by atoms with Crippen molar-refractivity contribution in [1.82, 2.24) is 10.2 Å². The molecule has 126 valence electrons. The van der Waals surface area contributed by atoms with E-state index in [9.17, 15) is 4.79 Å². The number of nitrogens with one attached hydrogen (secondary N) is 1. The quantitative estimate of drug-likeness (QED) is 0.889. The van der Waals surface area contributed by atoms with Gasteiger partial charge in [-0.3, -0.25) is 9.69 Å². The van der Waals surface area contributed by atoms with Crippen molar-refractivity contribution in [1.29, 1.82) is 0 Å². The summed E-state index contributed by atoms with van der Waals surface area (Å²) in [4.78, 5) is 15.3. The maximum Gasteiger partial charge on any atom is 0.230 e. The molecule has 1 saturated carbocycles. The molecule has 1 atom stereocenters. The van der Waals surface area contributed by atoms with Crippen LogP contribution in [0.1, 0.15) is 51.0 Å². The van der Waals surface area contributed by atoms with E-state index < -0.39 is 0 Å². The summed E-state index contributed by atoms with van der Waals surface area (Å²) in [5.74, 6) is 0.190. The van der Waals surface area contributed by atoms with E-state index in [1.807, 2.05) is 24.3 Å². The summed E-state index contributed by atoms with van der Waals surface area (Å²) in [6, 6.07) is 8.44. The molecule has 1 heterocycles. The topological polar surface area (TPSA) is 32.3 Å². The molecule has 1 saturated heterocycles. The molecule has 1 aromatic rings. The van der Waals surface area contributed by atoms with Gasteiger partial charge in [0, 0.05) is 24.2 Å². The van der Waals surface area contributed by atoms with E-state index in [0.717, 1.165) is 42.9 Å². The number of hydrogen-bond donors (Lipinski definition) is 1. The van der Waals surface area contributed by atoms with Crippen molar-refractivity contribution in [3.05, 3.63) is 34.9 Å². The van der Waals surface area contributed by atoms with Crippen molar-refractivity contribution in [2.75, 3.05) is 19.6 Å². The number of carbonyl (C=O) groups is 1. The SMILES string of the molecule is CC1CCCCN1CCNC(=O)C1(c2ccc(Cl)cc2)CCC1. The molecule has 1 aromatic carbocycles. The standard InChI is InChI=1S/C19H27ClN2O/c1-15-5-2-3-13-22(15)14-12-21-18(23)19(10-4-11-19)16-6-8-17(20)9-7-16/h6-9,15H,2-5,10-14H2,1H3,(H,21,23). The van der Waals surface area contributed by atoms with Crippen LogP contribution in [0.2, 0.25) is 5.02 Å². The van der Waals surface area contributed by atoms with Gasteiger partial charge in [-0.05, 0) is 56.8 Å². The van der Waals surface area contributed by atoms with E-state index in [2.05, 4.69) is 17.1 Å². The predicted octanol–water partition coefficient (Wildman–Crippen LogP) is 3.75. The van der Waals surface area contributed by atoms with Crippen LogP contribution in [0.25, 0.3) is 0 Å². The zero-order chi connectivity index (χ0) is 16.3. The van der Waals surface area contributed by atoms with E-state index in [1.165, 1.54) is 25.8 Å². The molecule has 0 radical (unpaired) electrons. The van der Waals surface area contributed by atoms with Crippen molar-refractivity contribution < 1.29 is 4.79 Å². The molecule has 0 spiro atoms. The molecule has 1 amide bonds. The summed E-state index contributed by atoms with van der Waals surface area (Å²) >= 11 is 5.98. The van der Waals surface area contributed by atoms with Crippen molar-refractivity contribution in [3.8, 4) is 0 Å². The highest BCUT2D eigenvalue weighted by molar-refractivity contribution is 6.30. The first kappa shape index (κ1) is 16.8. The van der Waals surface area contributed by atoms with E-state index in [1.54, 1.807) is 0 Å². The molecular formula is C19H27ClN2O. The lowest BCUT2D eigenvalue weighted by Crippen LogP contribution is -2.51. The third-order valence-electron chi connectivity index (χ3n) is 5.66. The van der Waals surface area contributed by atoms with Crippen molar-refractivity contribution in [2.24, 2.45) is 0 Å². The molecule has 1 aliphatic heterocycles. The van der Waals surface area contributed by atoms with Gasteiger partial charge in [0.15, 0.2) is 0 Å². The number of piperidine rings is 1. The van der Waals surface area contributed by atoms with Crippen molar-refractivity contribution in [3.63, 3.8) is 0 Å². The minimum absolute atomic E-state index is 0.190. The summed E-state index contributed by atoms with van der Waals surface area (Å²) < 4.78 is 0. The fourth-order valence-electron chi connectivity index (χ4n) is 3.92. The molecule has 2 aliphatic rings. The van der Waals surface area contributed by atoms with Crippen LogP contribution in [-0.4, -0.2) is 36.5 Å². The van der Waals surface area contributed by atoms with Gasteiger partial charge in [0.1, 0.15) is 0 Å². The highest BCUT2D eigenvalue weighted by atomic mass is 35.5. The smallest absolute Gasteiger partial charge is 0.230 e. The lowest BCUT2D eigenvalue weighted by atomic mass is 9.64. The van der Waals surface area contributed by atoms with Crippen LogP contribution in [-0.2, 0) is 10.2 Å². The zero-order valence-corrected chi connectivity index (χ0v) is 14.7. The summed E-state index contributed by atoms with van der Waals surface area (Å²) in [5.41, 5.74) is 0.787. The lowest BCUT2D eigenvalue weighted by molar-refractivity contribution is -0.130. The van der Waals surface area contributed by atoms with Gasteiger partial charge >= 0.3 is 0 Å². The maximum absolute atomic E-state index is 12.8. The Hall–Kier alpha value is -1.06. The van der Waals surface area contributed by atoms with Gasteiger partial charge in [0.05, 0.1) is 5.41 Å². The molecule has 1 unspecified atom stereocenters. The molecule has 2 fully saturated rings. The van der Waals surface area contributed by atoms with Crippen LogP contribution in [0.15, 0.2) is 24.3 Å². The number of likely N-dealkylation sites (tertiary alicyclic amines) is 1. The molecular weight excluding hydrogens is 308 g/mol. The average molecular weight is 335 g/mol. The van der Waals surface area contributed by atoms with Crippen LogP contribution in [0.4, 0.5) is 0 Å². The largest absolute Gasteiger partial charge is 0.354 e. The summed E-state index contributed by atoms with van der Waals surface area (Å²) in [6.07, 6.45) is 6.92. The van der Waals surface area contributed by atoms with Crippen molar-refractivity contribution >= 4 is 17.5 Å². The molecule has 3 nitrogen and oxygen atoms in total. The van der Waals surface area contributed by atoms with Crippen LogP contribution < -0.4 is 5.32 Å². The second-order valence-corrected chi connectivity index (χ2v) is 7.52. The minimum Gasteiger partial charge on any atom is -0.354 e. The maximum atomic E-state index is 12.8. The van der Waals surface area contributed by atoms with Gasteiger partial charge in [0.25, 0.3) is 0 Å². The monoisotopic (exact) mass is 334 g/mol. The molecule has 4 heteroatoms. The normalized spacial score (nSPS) is 24.0. The fraction of sp³-hybridized carbons (Fsp3) is 0.632. The van der Waals surface area contributed by atoms with Crippen LogP contribution >= 0.6 is 11.6 Å². The summed E-state index contributed by atoms with van der Waals surface area (Å²) in [6.45, 7) is 5.17. The van der Waals surface area contributed by atoms with Gasteiger partial charge in [-0.25, -0.2) is 0 Å². The summed E-state index contributed by atoms with van der Waals surface area (Å²) in [5, 5.41) is 3.92. The number of rotatable bonds is 5. The molecule has 1 aliphatic carbocycles. The fourth-order valence-corrected chi connectivity index (χ4v) is 4.04. The lowest BCUT2D eigenvalue weighted by Gasteiger charge is -2.41. The van der Waals surface area contributed by atoms with E-state index in [4.69, 9.17) is 11.6 Å². The minimum atomic E-state index is -0.321. The number of amides is 1. The van der Waals surface area contributed by atoms with E-state index >= 15 is 0 Å². The molecule has 23 heavy (non-hydrogen) atoms. The number of hydrogen-bond acceptors (Lipinski definition) is 2. The number of nitrogens with zero attached hydrogens (tertiary/aromatic N) is 1. The summed E-state index contributed by atoms with van der Waals surface area (Å²) in [7, 11) is 0. The second-order valence-electron chi connectivity index (χ2n) is 7.08. The van der Waals surface area contributed by atoms with Gasteiger partial charge in [0.2, 0.25) is 5.91 Å². The second kappa shape index (κ2) is 7.23. The highest BCUT2D eigenvalue weighted by Crippen LogP contribution is 2.44. The van der Waals surface area contributed by atoms with Gasteiger partial charge in [-0.2, -0.15) is 0 Å². The van der Waals surface area contributed by atoms with Gasteiger partial charge in [-0.1, -0.05) is 36.6 Å². The Kier molecular flexibility index (Phi) is 5.27. The predicted molar refractivity (Wildman–Crippen MR) is 94.9 cm³/mol. The Morgan fingerprint density at radius 1 is 1.26 bits per heavy atom. The first-order valence-electron chi connectivity index (χ1n) is 8.90. The van der Waals surface area contributed by atoms with Gasteiger partial charge in [-0.15, -0.1) is 0 Å². The Morgan fingerprint density at radius 3 is 2.61 bits per heavy atom. The first-order chi connectivity index (χ1) is 11.1. The van der Waals surface area contributed by atoms with Crippen LogP contribution in [0, 0.1) is 0 Å². The van der Waals surface area contributed by atoms with Crippen LogP contribution in [0.5, 0.6) is 0 Å². The molecule has 3 rings (SSSR count). The third-order valence-corrected chi connectivity index (χ3v) is 5.92. The van der Waals surface area contributed by atoms with Crippen molar-refractivity contribution in [2.45, 2.75) is 56.9 Å². The molecule has 0 aromatic heterocycles. The van der Waals surface area contributed by atoms with Crippen LogP contribution in [0.3, 0.4) is 0 Å². The van der Waals surface area contributed by atoms with E-state index in [0.29, 0.717) is 6.04 Å². The zero-order valence-electron chi connectivity index (χ0n) is 14.0. The Balaban J connectivity index is 1.57. The number of halogens is 1. The molecule has 0 bridgehead atoms.